The molecule has 0 radical (unpaired) electrons. The van der Waals surface area contributed by atoms with Gasteiger partial charge in [0.1, 0.15) is 5.75 Å². The average Bonchev–Trinajstić information content (AvgIpc) is 3.38. The van der Waals surface area contributed by atoms with E-state index in [-0.39, 0.29) is 11.5 Å². The van der Waals surface area contributed by atoms with Crippen molar-refractivity contribution in [3.8, 4) is 5.75 Å². The fourth-order valence-electron chi connectivity index (χ4n) is 3.87. The van der Waals surface area contributed by atoms with Gasteiger partial charge in [-0.25, -0.2) is 0 Å². The van der Waals surface area contributed by atoms with Crippen LogP contribution in [0.1, 0.15) is 70.2 Å². The number of phenols is 1. The van der Waals surface area contributed by atoms with E-state index in [0.29, 0.717) is 18.5 Å². The van der Waals surface area contributed by atoms with E-state index in [2.05, 4.69) is 41.1 Å². The highest BCUT2D eigenvalue weighted by molar-refractivity contribution is 5.96. The molecule has 7 heteroatoms. The summed E-state index contributed by atoms with van der Waals surface area (Å²) in [6.07, 6.45) is 6.12. The number of phenolic OH excluding ortho intramolecular Hbond substituents is 1. The highest BCUT2D eigenvalue weighted by atomic mass is 16.3. The molecule has 1 aliphatic rings. The molecule has 2 aromatic carbocycles. The number of Topliss-reactive ketones (excluding diaryl/α,β-unsaturated/α-hetero) is 1. The van der Waals surface area contributed by atoms with E-state index >= 15 is 0 Å². The molecule has 1 saturated heterocycles. The second kappa shape index (κ2) is 18.1. The summed E-state index contributed by atoms with van der Waals surface area (Å²) in [6.45, 7) is 13.6. The number of carbonyl (C=O) groups is 2. The molecule has 1 aliphatic heterocycles. The number of benzene rings is 2. The second-order valence-corrected chi connectivity index (χ2v) is 8.88. The summed E-state index contributed by atoms with van der Waals surface area (Å²) in [7, 11) is 0. The zero-order chi connectivity index (χ0) is 26.8. The third-order valence-electron chi connectivity index (χ3n) is 5.61. The van der Waals surface area contributed by atoms with Crippen molar-refractivity contribution < 1.29 is 14.7 Å². The van der Waals surface area contributed by atoms with E-state index in [1.165, 1.54) is 43.8 Å². The quantitative estimate of drug-likeness (QED) is 0.154. The molecule has 1 heterocycles. The van der Waals surface area contributed by atoms with Crippen LogP contribution in [0, 0.1) is 5.41 Å². The first-order valence-electron chi connectivity index (χ1n) is 13.0. The SMILES string of the molecule is CC(=N)CN1CCCC1.CCCN(CCC)c1ccc(C(=O)CC)cc1.O=CNc1ccc(O)cc1. The van der Waals surface area contributed by atoms with Gasteiger partial charge in [0, 0.05) is 48.7 Å². The summed E-state index contributed by atoms with van der Waals surface area (Å²) >= 11 is 0. The van der Waals surface area contributed by atoms with E-state index in [1.807, 2.05) is 26.0 Å². The van der Waals surface area contributed by atoms with E-state index < -0.39 is 0 Å². The summed E-state index contributed by atoms with van der Waals surface area (Å²) in [5.41, 5.74) is 3.51. The van der Waals surface area contributed by atoms with Gasteiger partial charge in [0.05, 0.1) is 0 Å². The first-order chi connectivity index (χ1) is 17.3. The number of likely N-dealkylation sites (tertiary alicyclic amines) is 1. The average molecular weight is 497 g/mol. The number of amides is 1. The van der Waals surface area contributed by atoms with Crippen LogP contribution in [0.25, 0.3) is 0 Å². The topological polar surface area (TPSA) is 96.7 Å². The minimum atomic E-state index is 0.191. The van der Waals surface area contributed by atoms with Gasteiger partial charge in [-0.3, -0.25) is 14.5 Å². The second-order valence-electron chi connectivity index (χ2n) is 8.88. The van der Waals surface area contributed by atoms with Crippen molar-refractivity contribution in [2.24, 2.45) is 0 Å². The van der Waals surface area contributed by atoms with Crippen molar-refractivity contribution >= 4 is 29.3 Å². The van der Waals surface area contributed by atoms with Crippen molar-refractivity contribution in [3.63, 3.8) is 0 Å². The van der Waals surface area contributed by atoms with Crippen molar-refractivity contribution in [2.45, 2.75) is 59.8 Å². The van der Waals surface area contributed by atoms with Gasteiger partial charge in [-0.1, -0.05) is 20.8 Å². The van der Waals surface area contributed by atoms with E-state index in [9.17, 15) is 9.59 Å². The van der Waals surface area contributed by atoms with Gasteiger partial charge in [-0.15, -0.1) is 0 Å². The first kappa shape index (κ1) is 30.8. The summed E-state index contributed by atoms with van der Waals surface area (Å²) in [5, 5.41) is 18.5. The molecule has 7 nitrogen and oxygen atoms in total. The fraction of sp³-hybridized carbons (Fsp3) is 0.483. The highest BCUT2D eigenvalue weighted by Crippen LogP contribution is 2.17. The molecule has 0 unspecified atom stereocenters. The molecule has 0 bridgehead atoms. The Hall–Kier alpha value is -3.19. The maximum Gasteiger partial charge on any atom is 0.211 e. The fourth-order valence-corrected chi connectivity index (χ4v) is 3.87. The van der Waals surface area contributed by atoms with Crippen molar-refractivity contribution in [1.82, 2.24) is 4.90 Å². The standard InChI is InChI=1S/C15H23NO.C7H14N2.C7H7NO2/c1-4-11-16(12-5-2)14-9-7-13(8-10-14)15(17)6-3;1-7(8)6-9-4-2-3-5-9;9-5-8-6-1-3-7(10)4-2-6/h7-10H,4-6,11-12H2,1-3H3;8H,2-6H2,1H3;1-5,10H,(H,8,9). The van der Waals surface area contributed by atoms with Gasteiger partial charge in [0.15, 0.2) is 5.78 Å². The molecule has 0 spiro atoms. The zero-order valence-electron chi connectivity index (χ0n) is 22.4. The number of nitrogens with zero attached hydrogens (tertiary/aromatic N) is 2. The number of carbonyl (C=O) groups excluding carboxylic acids is 2. The molecule has 1 fully saturated rings. The molecule has 36 heavy (non-hydrogen) atoms. The van der Waals surface area contributed by atoms with Crippen LogP contribution >= 0.6 is 0 Å². The summed E-state index contributed by atoms with van der Waals surface area (Å²) in [6, 6.07) is 14.3. The first-order valence-corrected chi connectivity index (χ1v) is 13.0. The molecule has 0 atom stereocenters. The number of rotatable bonds is 11. The third-order valence-corrected chi connectivity index (χ3v) is 5.61. The number of hydrogen-bond donors (Lipinski definition) is 3. The highest BCUT2D eigenvalue weighted by Gasteiger charge is 2.10. The maximum absolute atomic E-state index is 11.5. The minimum absolute atomic E-state index is 0.191. The largest absolute Gasteiger partial charge is 0.508 e. The number of hydrogen-bond acceptors (Lipinski definition) is 6. The minimum Gasteiger partial charge on any atom is -0.508 e. The van der Waals surface area contributed by atoms with Gasteiger partial charge in [-0.2, -0.15) is 0 Å². The monoisotopic (exact) mass is 496 g/mol. The molecular formula is C29H44N4O3. The van der Waals surface area contributed by atoms with Crippen LogP contribution in [0.15, 0.2) is 48.5 Å². The lowest BCUT2D eigenvalue weighted by Crippen LogP contribution is -2.24. The molecule has 0 aliphatic carbocycles. The molecular weight excluding hydrogens is 452 g/mol. The van der Waals surface area contributed by atoms with Gasteiger partial charge >= 0.3 is 0 Å². The van der Waals surface area contributed by atoms with Crippen molar-refractivity contribution in [2.75, 3.05) is 42.9 Å². The van der Waals surface area contributed by atoms with Crippen LogP contribution in [0.2, 0.25) is 0 Å². The Bertz CT molecular complexity index is 886. The van der Waals surface area contributed by atoms with Gasteiger partial charge < -0.3 is 20.7 Å². The molecule has 1 amide bonds. The maximum atomic E-state index is 11.5. The Kier molecular flexibility index (Phi) is 15.5. The lowest BCUT2D eigenvalue weighted by Gasteiger charge is -2.23. The van der Waals surface area contributed by atoms with Crippen molar-refractivity contribution in [1.29, 1.82) is 5.41 Å². The summed E-state index contributed by atoms with van der Waals surface area (Å²) in [4.78, 5) is 26.1. The lowest BCUT2D eigenvalue weighted by atomic mass is 10.1. The Labute approximate surface area is 217 Å². The van der Waals surface area contributed by atoms with Crippen molar-refractivity contribution in [3.05, 3.63) is 54.1 Å². The number of aromatic hydroxyl groups is 1. The molecule has 0 saturated carbocycles. The van der Waals surface area contributed by atoms with Crippen LogP contribution in [0.5, 0.6) is 5.75 Å². The van der Waals surface area contributed by atoms with Gasteiger partial charge in [0.25, 0.3) is 0 Å². The van der Waals surface area contributed by atoms with Crippen LogP contribution < -0.4 is 10.2 Å². The van der Waals surface area contributed by atoms with Crippen LogP contribution in [0.4, 0.5) is 11.4 Å². The third kappa shape index (κ3) is 12.5. The molecule has 3 N–H and O–H groups in total. The number of nitrogens with one attached hydrogen (secondary N) is 2. The molecule has 198 valence electrons. The van der Waals surface area contributed by atoms with E-state index in [1.54, 1.807) is 12.1 Å². The smallest absolute Gasteiger partial charge is 0.211 e. The van der Waals surface area contributed by atoms with Crippen LogP contribution in [0.3, 0.4) is 0 Å². The Balaban J connectivity index is 0.000000290. The van der Waals surface area contributed by atoms with E-state index in [4.69, 9.17) is 10.5 Å². The zero-order valence-corrected chi connectivity index (χ0v) is 22.4. The number of anilines is 2. The Morgan fingerprint density at radius 2 is 1.56 bits per heavy atom. The Morgan fingerprint density at radius 3 is 2.00 bits per heavy atom. The predicted octanol–water partition coefficient (Wildman–Crippen LogP) is 5.99. The lowest BCUT2D eigenvalue weighted by molar-refractivity contribution is -0.105. The number of ketones is 1. The molecule has 0 aromatic heterocycles. The van der Waals surface area contributed by atoms with Crippen LogP contribution in [-0.4, -0.2) is 60.6 Å². The molecule has 3 rings (SSSR count). The van der Waals surface area contributed by atoms with E-state index in [0.717, 1.165) is 43.8 Å². The normalized spacial score (nSPS) is 12.4. The van der Waals surface area contributed by atoms with Crippen LogP contribution in [-0.2, 0) is 4.79 Å². The van der Waals surface area contributed by atoms with Gasteiger partial charge in [0.2, 0.25) is 6.41 Å². The predicted molar refractivity (Wildman–Crippen MR) is 151 cm³/mol. The van der Waals surface area contributed by atoms with Gasteiger partial charge in [-0.05, 0) is 94.2 Å². The summed E-state index contributed by atoms with van der Waals surface area (Å²) < 4.78 is 0. The summed E-state index contributed by atoms with van der Waals surface area (Å²) in [5.74, 6) is 0.408. The molecule has 2 aromatic rings. The Morgan fingerprint density at radius 1 is 1.00 bits per heavy atom.